The summed E-state index contributed by atoms with van der Waals surface area (Å²) in [6.45, 7) is 1.63. The van der Waals surface area contributed by atoms with Crippen molar-refractivity contribution in [2.45, 2.75) is 44.9 Å². The maximum atomic E-state index is 15.1. The number of hydrogen-bond donors (Lipinski definition) is 1. The summed E-state index contributed by atoms with van der Waals surface area (Å²) < 4.78 is 20.5. The molecule has 2 bridgehead atoms. The van der Waals surface area contributed by atoms with Crippen LogP contribution in [0.2, 0.25) is 0 Å². The number of fused-ring (bicyclic) bond motifs is 5. The molecule has 222 valence electrons. The second kappa shape index (κ2) is 12.8. The topological polar surface area (TPSA) is 91.3 Å². The number of aliphatic imine (C=N–C) groups is 1. The van der Waals surface area contributed by atoms with Crippen LogP contribution in [-0.4, -0.2) is 54.3 Å². The van der Waals surface area contributed by atoms with Gasteiger partial charge >= 0.3 is 6.09 Å². The van der Waals surface area contributed by atoms with Crippen LogP contribution in [0.15, 0.2) is 83.9 Å². The van der Waals surface area contributed by atoms with E-state index in [4.69, 9.17) is 4.74 Å². The first-order chi connectivity index (χ1) is 21.0. The molecule has 43 heavy (non-hydrogen) atoms. The van der Waals surface area contributed by atoms with Gasteiger partial charge in [0, 0.05) is 37.2 Å². The molecular formula is C34H35FN4O4. The average molecular weight is 583 g/mol. The number of benzene rings is 3. The molecule has 3 aromatic carbocycles. The number of rotatable bonds is 7. The lowest BCUT2D eigenvalue weighted by Gasteiger charge is -2.27. The molecule has 0 aromatic heterocycles. The Morgan fingerprint density at radius 2 is 1.49 bits per heavy atom. The van der Waals surface area contributed by atoms with Crippen LogP contribution in [0.5, 0.6) is 0 Å². The highest BCUT2D eigenvalue weighted by Gasteiger charge is 2.36. The van der Waals surface area contributed by atoms with Gasteiger partial charge in [0.1, 0.15) is 12.4 Å². The molecule has 2 saturated heterocycles. The first-order valence-electron chi connectivity index (χ1n) is 14.9. The Morgan fingerprint density at radius 3 is 2.19 bits per heavy atom. The highest BCUT2D eigenvalue weighted by Crippen LogP contribution is 2.34. The van der Waals surface area contributed by atoms with E-state index in [1.807, 2.05) is 35.2 Å². The molecule has 8 nitrogen and oxygen atoms in total. The highest BCUT2D eigenvalue weighted by atomic mass is 19.1. The molecule has 1 aliphatic carbocycles. The van der Waals surface area contributed by atoms with E-state index in [-0.39, 0.29) is 36.8 Å². The normalized spacial score (nSPS) is 21.4. The minimum atomic E-state index is -1.39. The molecule has 1 atom stereocenters. The van der Waals surface area contributed by atoms with E-state index in [0.717, 1.165) is 44.3 Å². The predicted molar refractivity (Wildman–Crippen MR) is 161 cm³/mol. The second-order valence-corrected chi connectivity index (χ2v) is 11.5. The molecule has 3 aliphatic heterocycles. The fourth-order valence-corrected chi connectivity index (χ4v) is 6.36. The van der Waals surface area contributed by atoms with Crippen LogP contribution in [0, 0.1) is 17.7 Å². The molecule has 3 fully saturated rings. The zero-order valence-corrected chi connectivity index (χ0v) is 24.0. The smallest absolute Gasteiger partial charge is 0.409 e. The molecule has 1 unspecified atom stereocenters. The maximum Gasteiger partial charge on any atom is 0.409 e. The van der Waals surface area contributed by atoms with Crippen molar-refractivity contribution in [2.24, 2.45) is 16.8 Å². The molecule has 7 rings (SSSR count). The summed E-state index contributed by atoms with van der Waals surface area (Å²) in [6.07, 6.45) is 2.55. The van der Waals surface area contributed by atoms with Gasteiger partial charge in [0.05, 0.1) is 11.4 Å². The molecular weight excluding hydrogens is 547 g/mol. The quantitative estimate of drug-likeness (QED) is 0.409. The largest absolute Gasteiger partial charge is 0.445 e. The third-order valence-corrected chi connectivity index (χ3v) is 8.63. The molecule has 0 radical (unpaired) electrons. The van der Waals surface area contributed by atoms with Crippen LogP contribution in [0.4, 0.5) is 14.9 Å². The minimum absolute atomic E-state index is 0.00767. The van der Waals surface area contributed by atoms with E-state index in [1.165, 1.54) is 11.0 Å². The second-order valence-electron chi connectivity index (χ2n) is 11.5. The summed E-state index contributed by atoms with van der Waals surface area (Å²) in [6, 6.07) is 22.5. The zero-order valence-electron chi connectivity index (χ0n) is 24.0. The lowest BCUT2D eigenvalue weighted by atomic mass is 9.84. The van der Waals surface area contributed by atoms with Crippen molar-refractivity contribution in [2.75, 3.05) is 24.5 Å². The number of halogens is 1. The molecule has 3 aromatic rings. The molecule has 3 heterocycles. The van der Waals surface area contributed by atoms with Crippen molar-refractivity contribution in [1.29, 1.82) is 0 Å². The number of amides is 3. The average Bonchev–Trinajstić information content (AvgIpc) is 3.42. The maximum absolute atomic E-state index is 15.1. The van der Waals surface area contributed by atoms with Gasteiger partial charge in [-0.15, -0.1) is 0 Å². The lowest BCUT2D eigenvalue weighted by molar-refractivity contribution is -0.131. The molecule has 9 heteroatoms. The highest BCUT2D eigenvalue weighted by molar-refractivity contribution is 6.20. The van der Waals surface area contributed by atoms with Crippen molar-refractivity contribution in [3.63, 3.8) is 0 Å². The van der Waals surface area contributed by atoms with Gasteiger partial charge in [0.2, 0.25) is 12.1 Å². The molecule has 1 N–H and O–H groups in total. The summed E-state index contributed by atoms with van der Waals surface area (Å²) >= 11 is 0. The Morgan fingerprint density at radius 1 is 0.860 bits per heavy atom. The fourth-order valence-electron chi connectivity index (χ4n) is 6.36. The molecule has 1 saturated carbocycles. The standard InChI is InChI=1S/C34H35FN4O4/c35-28-12-6-4-10-26(28)31-27-11-5-7-13-29(27)39(19-18-30(40)38-20-23-14-15-24(21-38)17-16-23)33(41)32(36-31)37-34(42)43-22-25-8-2-1-3-9-25/h1-13,23-24,32H,14-22H2,(H,37,42). The summed E-state index contributed by atoms with van der Waals surface area (Å²) in [5, 5.41) is 2.58. The third kappa shape index (κ3) is 6.45. The fraction of sp³-hybridized carbons (Fsp3) is 0.353. The summed E-state index contributed by atoms with van der Waals surface area (Å²) in [5.74, 6) is 0.0498. The molecule has 0 spiro atoms. The number of carbonyl (C=O) groups excluding carboxylic acids is 3. The lowest BCUT2D eigenvalue weighted by Crippen LogP contribution is -2.48. The van der Waals surface area contributed by atoms with Gasteiger partial charge in [-0.05, 0) is 61.3 Å². The van der Waals surface area contributed by atoms with Crippen LogP contribution < -0.4 is 10.2 Å². The van der Waals surface area contributed by atoms with Crippen molar-refractivity contribution in [3.8, 4) is 0 Å². The number of nitrogens with zero attached hydrogens (tertiary/aromatic N) is 3. The number of anilines is 1. The van der Waals surface area contributed by atoms with Gasteiger partial charge in [0.25, 0.3) is 5.91 Å². The van der Waals surface area contributed by atoms with Gasteiger partial charge in [-0.3, -0.25) is 14.9 Å². The van der Waals surface area contributed by atoms with Gasteiger partial charge in [-0.1, -0.05) is 60.7 Å². The van der Waals surface area contributed by atoms with Gasteiger partial charge in [-0.2, -0.15) is 0 Å². The van der Waals surface area contributed by atoms with Crippen LogP contribution in [0.3, 0.4) is 0 Å². The van der Waals surface area contributed by atoms with E-state index >= 15 is 4.39 Å². The molecule has 4 aliphatic rings. The minimum Gasteiger partial charge on any atom is -0.445 e. The third-order valence-electron chi connectivity index (χ3n) is 8.63. The molecule has 3 amide bonds. The summed E-state index contributed by atoms with van der Waals surface area (Å²) in [4.78, 5) is 48.5. The first kappa shape index (κ1) is 28.6. The van der Waals surface area contributed by atoms with Crippen LogP contribution >= 0.6 is 0 Å². The first-order valence-corrected chi connectivity index (χ1v) is 14.9. The van der Waals surface area contributed by atoms with E-state index < -0.39 is 24.0 Å². The van der Waals surface area contributed by atoms with E-state index in [9.17, 15) is 14.4 Å². The Bertz CT molecular complexity index is 1510. The number of benzodiazepines with no additional fused rings is 1. The van der Waals surface area contributed by atoms with Crippen LogP contribution in [0.1, 0.15) is 48.8 Å². The Hall–Kier alpha value is -4.53. The SMILES string of the molecule is O=C(NC1N=C(c2ccccc2F)c2ccccc2N(CCC(=O)N2CC3CCC(CC3)C2)C1=O)OCc1ccccc1. The monoisotopic (exact) mass is 582 g/mol. The van der Waals surface area contributed by atoms with Crippen molar-refractivity contribution < 1.29 is 23.5 Å². The zero-order chi connectivity index (χ0) is 29.8. The van der Waals surface area contributed by atoms with Crippen molar-refractivity contribution >= 4 is 29.3 Å². The van der Waals surface area contributed by atoms with E-state index in [0.29, 0.717) is 23.1 Å². The number of carbonyl (C=O) groups is 3. The van der Waals surface area contributed by atoms with Gasteiger partial charge in [-0.25, -0.2) is 14.2 Å². The van der Waals surface area contributed by atoms with E-state index in [2.05, 4.69) is 10.3 Å². The van der Waals surface area contributed by atoms with Crippen molar-refractivity contribution in [3.05, 3.63) is 101 Å². The van der Waals surface area contributed by atoms with Gasteiger partial charge < -0.3 is 14.5 Å². The number of para-hydroxylation sites is 1. The Labute approximate surface area is 250 Å². The number of hydrogen-bond acceptors (Lipinski definition) is 5. The summed E-state index contributed by atoms with van der Waals surface area (Å²) in [5.41, 5.74) is 2.25. The number of ether oxygens (including phenoxy) is 1. The Balaban J connectivity index is 1.28. The van der Waals surface area contributed by atoms with Crippen LogP contribution in [-0.2, 0) is 20.9 Å². The van der Waals surface area contributed by atoms with E-state index in [1.54, 1.807) is 42.5 Å². The number of nitrogens with one attached hydrogen (secondary N) is 1. The van der Waals surface area contributed by atoms with Crippen molar-refractivity contribution in [1.82, 2.24) is 10.2 Å². The summed E-state index contributed by atoms with van der Waals surface area (Å²) in [7, 11) is 0. The predicted octanol–water partition coefficient (Wildman–Crippen LogP) is 5.30. The van der Waals surface area contributed by atoms with Gasteiger partial charge in [0.15, 0.2) is 0 Å². The number of alkyl carbamates (subject to hydrolysis) is 1. The van der Waals surface area contributed by atoms with Crippen LogP contribution in [0.25, 0.3) is 0 Å². The Kier molecular flexibility index (Phi) is 8.49.